The van der Waals surface area contributed by atoms with Crippen LogP contribution in [0, 0.1) is 0 Å². The van der Waals surface area contributed by atoms with Crippen molar-refractivity contribution in [2.75, 3.05) is 23.9 Å². The molecule has 1 aromatic carbocycles. The zero-order valence-electron chi connectivity index (χ0n) is 9.53. The number of rotatable bonds is 7. The molecule has 0 unspecified atom stereocenters. The Morgan fingerprint density at radius 3 is 2.88 bits per heavy atom. The first-order chi connectivity index (χ1) is 7.74. The van der Waals surface area contributed by atoms with Crippen LogP contribution in [0.2, 0.25) is 0 Å². The molecule has 0 saturated heterocycles. The molecule has 0 aromatic heterocycles. The molecule has 0 fully saturated rings. The number of anilines is 1. The van der Waals surface area contributed by atoms with Crippen LogP contribution in [0.15, 0.2) is 24.3 Å². The van der Waals surface area contributed by atoms with Gasteiger partial charge in [-0.15, -0.1) is 0 Å². The molecule has 1 rings (SSSR count). The van der Waals surface area contributed by atoms with Crippen LogP contribution in [0.4, 0.5) is 5.69 Å². The third-order valence-electron chi connectivity index (χ3n) is 2.22. The monoisotopic (exact) mass is 238 g/mol. The van der Waals surface area contributed by atoms with E-state index < -0.39 is 0 Å². The van der Waals surface area contributed by atoms with Gasteiger partial charge in [-0.2, -0.15) is 11.8 Å². The van der Waals surface area contributed by atoms with Gasteiger partial charge < -0.3 is 11.1 Å². The third kappa shape index (κ3) is 4.57. The summed E-state index contributed by atoms with van der Waals surface area (Å²) in [4.78, 5) is 10.9. The van der Waals surface area contributed by atoms with Gasteiger partial charge in [0.15, 0.2) is 0 Å². The molecule has 3 nitrogen and oxygen atoms in total. The van der Waals surface area contributed by atoms with E-state index in [-0.39, 0.29) is 5.91 Å². The Labute approximate surface area is 101 Å². The second-order valence-electron chi connectivity index (χ2n) is 3.57. The summed E-state index contributed by atoms with van der Waals surface area (Å²) in [6, 6.07) is 7.80. The van der Waals surface area contributed by atoms with E-state index in [1.54, 1.807) is 0 Å². The lowest BCUT2D eigenvalue weighted by Crippen LogP contribution is -2.15. The number of hydrogen-bond donors (Lipinski definition) is 2. The number of amides is 1. The summed E-state index contributed by atoms with van der Waals surface area (Å²) in [6.07, 6.45) is 3.51. The minimum absolute atomic E-state index is 0.293. The number of thioether (sulfide) groups is 1. The Balaban J connectivity index is 2.53. The molecule has 0 heterocycles. The van der Waals surface area contributed by atoms with E-state index in [9.17, 15) is 4.79 Å². The number of primary amides is 1. The SMILES string of the molecule is CSCCCNc1ccccc1CC(N)=O. The lowest BCUT2D eigenvalue weighted by molar-refractivity contribution is -0.117. The molecule has 16 heavy (non-hydrogen) atoms. The highest BCUT2D eigenvalue weighted by atomic mass is 32.2. The number of nitrogens with two attached hydrogens (primary N) is 1. The van der Waals surface area contributed by atoms with Crippen molar-refractivity contribution >= 4 is 23.4 Å². The van der Waals surface area contributed by atoms with Gasteiger partial charge in [0.05, 0.1) is 6.42 Å². The van der Waals surface area contributed by atoms with E-state index in [2.05, 4.69) is 11.6 Å². The predicted molar refractivity (Wildman–Crippen MR) is 70.8 cm³/mol. The zero-order chi connectivity index (χ0) is 11.8. The molecule has 0 saturated carbocycles. The van der Waals surface area contributed by atoms with Crippen LogP contribution in [0.5, 0.6) is 0 Å². The molecule has 3 N–H and O–H groups in total. The Morgan fingerprint density at radius 2 is 2.19 bits per heavy atom. The molecular formula is C12H18N2OS. The topological polar surface area (TPSA) is 55.1 Å². The van der Waals surface area contributed by atoms with Gasteiger partial charge in [0.2, 0.25) is 5.91 Å². The molecule has 0 aliphatic carbocycles. The lowest BCUT2D eigenvalue weighted by atomic mass is 10.1. The Hall–Kier alpha value is -1.16. The first-order valence-corrected chi connectivity index (χ1v) is 6.72. The molecule has 0 atom stereocenters. The summed E-state index contributed by atoms with van der Waals surface area (Å²) in [5.41, 5.74) is 7.19. The van der Waals surface area contributed by atoms with Crippen molar-refractivity contribution in [3.63, 3.8) is 0 Å². The number of carbonyl (C=O) groups excluding carboxylic acids is 1. The highest BCUT2D eigenvalue weighted by Crippen LogP contribution is 2.15. The van der Waals surface area contributed by atoms with Crippen LogP contribution in [-0.2, 0) is 11.2 Å². The van der Waals surface area contributed by atoms with Gasteiger partial charge in [0.25, 0.3) is 0 Å². The molecule has 1 aromatic rings. The highest BCUT2D eigenvalue weighted by molar-refractivity contribution is 7.98. The number of hydrogen-bond acceptors (Lipinski definition) is 3. The Bertz CT molecular complexity index is 342. The molecule has 0 aliphatic heterocycles. The van der Waals surface area contributed by atoms with Crippen LogP contribution >= 0.6 is 11.8 Å². The van der Waals surface area contributed by atoms with Crippen LogP contribution in [-0.4, -0.2) is 24.5 Å². The van der Waals surface area contributed by atoms with Crippen molar-refractivity contribution < 1.29 is 4.79 Å². The van der Waals surface area contributed by atoms with Gasteiger partial charge in [-0.3, -0.25) is 4.79 Å². The second kappa shape index (κ2) is 7.17. The van der Waals surface area contributed by atoms with E-state index in [0.717, 1.165) is 30.0 Å². The maximum Gasteiger partial charge on any atom is 0.221 e. The smallest absolute Gasteiger partial charge is 0.221 e. The maximum atomic E-state index is 10.9. The van der Waals surface area contributed by atoms with Crippen molar-refractivity contribution in [3.05, 3.63) is 29.8 Å². The van der Waals surface area contributed by atoms with Crippen molar-refractivity contribution in [1.29, 1.82) is 0 Å². The van der Waals surface area contributed by atoms with Crippen LogP contribution in [0.3, 0.4) is 0 Å². The van der Waals surface area contributed by atoms with E-state index >= 15 is 0 Å². The van der Waals surface area contributed by atoms with Gasteiger partial charge in [0, 0.05) is 12.2 Å². The Morgan fingerprint density at radius 1 is 1.44 bits per heavy atom. The summed E-state index contributed by atoms with van der Waals surface area (Å²) in [5.74, 6) is 0.851. The van der Waals surface area contributed by atoms with Gasteiger partial charge in [0.1, 0.15) is 0 Å². The van der Waals surface area contributed by atoms with Gasteiger partial charge >= 0.3 is 0 Å². The lowest BCUT2D eigenvalue weighted by Gasteiger charge is -2.10. The van der Waals surface area contributed by atoms with Crippen molar-refractivity contribution in [2.24, 2.45) is 5.73 Å². The molecular weight excluding hydrogens is 220 g/mol. The number of benzene rings is 1. The summed E-state index contributed by atoms with van der Waals surface area (Å²) in [6.45, 7) is 0.927. The van der Waals surface area contributed by atoms with E-state index in [4.69, 9.17) is 5.73 Å². The maximum absolute atomic E-state index is 10.9. The molecule has 88 valence electrons. The number of nitrogens with one attached hydrogen (secondary N) is 1. The average Bonchev–Trinajstić information content (AvgIpc) is 2.26. The highest BCUT2D eigenvalue weighted by Gasteiger charge is 2.03. The van der Waals surface area contributed by atoms with Crippen LogP contribution in [0.25, 0.3) is 0 Å². The fourth-order valence-corrected chi connectivity index (χ4v) is 1.91. The zero-order valence-corrected chi connectivity index (χ0v) is 10.3. The average molecular weight is 238 g/mol. The van der Waals surface area contributed by atoms with Crippen LogP contribution in [0.1, 0.15) is 12.0 Å². The molecule has 0 bridgehead atoms. The quantitative estimate of drug-likeness (QED) is 0.713. The van der Waals surface area contributed by atoms with E-state index in [1.807, 2.05) is 36.0 Å². The number of para-hydroxylation sites is 1. The van der Waals surface area contributed by atoms with Crippen molar-refractivity contribution in [3.8, 4) is 0 Å². The first kappa shape index (κ1) is 12.9. The fourth-order valence-electron chi connectivity index (χ4n) is 1.47. The van der Waals surface area contributed by atoms with E-state index in [1.165, 1.54) is 0 Å². The molecule has 0 radical (unpaired) electrons. The summed E-state index contributed by atoms with van der Waals surface area (Å²) in [7, 11) is 0. The first-order valence-electron chi connectivity index (χ1n) is 5.33. The van der Waals surface area contributed by atoms with Crippen molar-refractivity contribution in [2.45, 2.75) is 12.8 Å². The largest absolute Gasteiger partial charge is 0.385 e. The minimum atomic E-state index is -0.293. The third-order valence-corrected chi connectivity index (χ3v) is 2.92. The Kier molecular flexibility index (Phi) is 5.78. The molecule has 4 heteroatoms. The number of carbonyl (C=O) groups is 1. The summed E-state index contributed by atoms with van der Waals surface area (Å²) in [5, 5.41) is 3.33. The normalized spacial score (nSPS) is 10.1. The van der Waals surface area contributed by atoms with Crippen molar-refractivity contribution in [1.82, 2.24) is 0 Å². The summed E-state index contributed by atoms with van der Waals surface area (Å²) >= 11 is 1.84. The van der Waals surface area contributed by atoms with Gasteiger partial charge in [-0.1, -0.05) is 18.2 Å². The van der Waals surface area contributed by atoms with Gasteiger partial charge in [-0.25, -0.2) is 0 Å². The molecule has 1 amide bonds. The molecule has 0 spiro atoms. The standard InChI is InChI=1S/C12H18N2OS/c1-16-8-4-7-14-11-6-3-2-5-10(11)9-12(13)15/h2-3,5-6,14H,4,7-9H2,1H3,(H2,13,15). The van der Waals surface area contributed by atoms with Crippen LogP contribution < -0.4 is 11.1 Å². The second-order valence-corrected chi connectivity index (χ2v) is 4.56. The minimum Gasteiger partial charge on any atom is -0.385 e. The summed E-state index contributed by atoms with van der Waals surface area (Å²) < 4.78 is 0. The van der Waals surface area contributed by atoms with E-state index in [0.29, 0.717) is 6.42 Å². The van der Waals surface area contributed by atoms with Gasteiger partial charge in [-0.05, 0) is 30.1 Å². The predicted octanol–water partition coefficient (Wildman–Crippen LogP) is 1.88. The molecule has 0 aliphatic rings. The fraction of sp³-hybridized carbons (Fsp3) is 0.417.